The number of carbonyl (C=O) groups excluding carboxylic acids is 2. The first-order valence-electron chi connectivity index (χ1n) is 20.5. The van der Waals surface area contributed by atoms with Crippen molar-refractivity contribution >= 4 is 58.3 Å². The van der Waals surface area contributed by atoms with E-state index in [1.165, 1.54) is 0 Å². The highest BCUT2D eigenvalue weighted by atomic mass is 16.6. The minimum atomic E-state index is -0.515. The van der Waals surface area contributed by atoms with Gasteiger partial charge in [-0.3, -0.25) is 0 Å². The third-order valence-electron chi connectivity index (χ3n) is 10.4. The van der Waals surface area contributed by atoms with Gasteiger partial charge in [-0.1, -0.05) is 91.0 Å². The standard InChI is InChI=1S/C52H42N4O6/c1-3-59-47(57)31-61-37-28-36(29-38(30-37)62-32-48(58)60-4-2)52-45-26-24-43(55-45)50(34-16-10-6-11-17-34)41-22-20-39(53-41)49(33-14-8-5-9-15-33)40-21-23-42(54-40)51(35-18-12-7-13-19-35)44-25-27-46(52)56-44/h5-30,53,56H,3-4,31-32H2,1-2H3. The first kappa shape index (κ1) is 39.5. The van der Waals surface area contributed by atoms with Crippen LogP contribution in [0, 0.1) is 0 Å². The highest BCUT2D eigenvalue weighted by Crippen LogP contribution is 2.40. The molecule has 0 fully saturated rings. The highest BCUT2D eigenvalue weighted by Gasteiger charge is 2.20. The third-order valence-corrected chi connectivity index (χ3v) is 10.4. The zero-order valence-corrected chi connectivity index (χ0v) is 34.2. The lowest BCUT2D eigenvalue weighted by Gasteiger charge is -2.13. The van der Waals surface area contributed by atoms with Crippen molar-refractivity contribution in [3.05, 3.63) is 156 Å². The van der Waals surface area contributed by atoms with Crippen LogP contribution in [0.3, 0.4) is 0 Å². The normalized spacial score (nSPS) is 11.6. The van der Waals surface area contributed by atoms with Gasteiger partial charge in [-0.15, -0.1) is 0 Å². The van der Waals surface area contributed by atoms with E-state index in [4.69, 9.17) is 28.9 Å². The van der Waals surface area contributed by atoms with Gasteiger partial charge in [0.1, 0.15) is 11.5 Å². The monoisotopic (exact) mass is 818 g/mol. The van der Waals surface area contributed by atoms with Crippen LogP contribution in [0.5, 0.6) is 11.5 Å². The summed E-state index contributed by atoms with van der Waals surface area (Å²) in [6.07, 6.45) is 8.16. The Kier molecular flexibility index (Phi) is 11.3. The number of carbonyl (C=O) groups is 2. The summed E-state index contributed by atoms with van der Waals surface area (Å²) in [6, 6.07) is 44.3. The second kappa shape index (κ2) is 17.7. The van der Waals surface area contributed by atoms with Gasteiger partial charge in [0.15, 0.2) is 13.2 Å². The molecular weight excluding hydrogens is 777 g/mol. The average molecular weight is 819 g/mol. The van der Waals surface area contributed by atoms with Crippen molar-refractivity contribution < 1.29 is 28.5 Å². The first-order chi connectivity index (χ1) is 30.4. The molecular formula is C52H42N4O6. The van der Waals surface area contributed by atoms with E-state index in [-0.39, 0.29) is 26.4 Å². The van der Waals surface area contributed by atoms with Gasteiger partial charge in [-0.2, -0.15) is 0 Å². The van der Waals surface area contributed by atoms with Crippen molar-refractivity contribution in [2.24, 2.45) is 0 Å². The molecule has 7 aromatic rings. The second-order valence-electron chi connectivity index (χ2n) is 14.5. The molecule has 2 N–H and O–H groups in total. The minimum absolute atomic E-state index is 0.218. The number of nitrogens with one attached hydrogen (secondary N) is 2. The van der Waals surface area contributed by atoms with E-state index in [2.05, 4.69) is 70.7 Å². The number of benzene rings is 4. The van der Waals surface area contributed by atoms with Gasteiger partial charge in [0.25, 0.3) is 0 Å². The van der Waals surface area contributed by atoms with Gasteiger partial charge in [0, 0.05) is 50.4 Å². The topological polar surface area (TPSA) is 128 Å². The van der Waals surface area contributed by atoms with Crippen LogP contribution in [0.1, 0.15) is 36.6 Å². The van der Waals surface area contributed by atoms with E-state index in [1.54, 1.807) is 19.9 Å². The molecule has 2 aliphatic rings. The molecule has 0 spiro atoms. The molecule has 2 aliphatic heterocycles. The molecule has 4 aromatic carbocycles. The zero-order valence-electron chi connectivity index (χ0n) is 34.2. The van der Waals surface area contributed by atoms with Crippen LogP contribution in [-0.4, -0.2) is 58.3 Å². The number of ether oxygens (including phenoxy) is 4. The first-order valence-corrected chi connectivity index (χ1v) is 20.5. The Labute approximate surface area is 358 Å². The molecule has 0 saturated carbocycles. The van der Waals surface area contributed by atoms with Gasteiger partial charge >= 0.3 is 11.9 Å². The fourth-order valence-electron chi connectivity index (χ4n) is 7.81. The maximum atomic E-state index is 12.5. The fourth-order valence-corrected chi connectivity index (χ4v) is 7.81. The van der Waals surface area contributed by atoms with Gasteiger partial charge < -0.3 is 28.9 Å². The third kappa shape index (κ3) is 8.26. The number of esters is 2. The number of H-pyrrole nitrogens is 2. The minimum Gasteiger partial charge on any atom is -0.482 e. The molecule has 0 amide bonds. The van der Waals surface area contributed by atoms with Gasteiger partial charge in [-0.05, 0) is 96.8 Å². The Bertz CT molecular complexity index is 2950. The molecule has 3 aromatic heterocycles. The Morgan fingerprint density at radius 2 is 0.758 bits per heavy atom. The van der Waals surface area contributed by atoms with Gasteiger partial charge in [0.2, 0.25) is 0 Å². The maximum absolute atomic E-state index is 12.5. The number of fused-ring (bicyclic) bond motifs is 8. The number of hydrogen-bond donors (Lipinski definition) is 2. The van der Waals surface area contributed by atoms with Crippen molar-refractivity contribution in [3.8, 4) is 56.0 Å². The lowest BCUT2D eigenvalue weighted by molar-refractivity contribution is -0.146. The van der Waals surface area contributed by atoms with E-state index < -0.39 is 11.9 Å². The average Bonchev–Trinajstić information content (AvgIpc) is 4.15. The Morgan fingerprint density at radius 3 is 1.08 bits per heavy atom. The van der Waals surface area contributed by atoms with E-state index in [1.807, 2.05) is 91.0 Å². The van der Waals surface area contributed by atoms with Crippen molar-refractivity contribution in [2.75, 3.05) is 26.4 Å². The van der Waals surface area contributed by atoms with Crippen molar-refractivity contribution in [2.45, 2.75) is 13.8 Å². The molecule has 8 bridgehead atoms. The van der Waals surface area contributed by atoms with Crippen molar-refractivity contribution in [3.63, 3.8) is 0 Å². The number of nitrogens with zero attached hydrogens (tertiary/aromatic N) is 2. The second-order valence-corrected chi connectivity index (χ2v) is 14.5. The molecule has 0 atom stereocenters. The van der Waals surface area contributed by atoms with E-state index in [0.29, 0.717) is 22.8 Å². The summed E-state index contributed by atoms with van der Waals surface area (Å²) < 4.78 is 22.3. The van der Waals surface area contributed by atoms with Gasteiger partial charge in [0.05, 0.1) is 36.0 Å². The number of rotatable bonds is 12. The van der Waals surface area contributed by atoms with Crippen LogP contribution < -0.4 is 9.47 Å². The molecule has 10 nitrogen and oxygen atoms in total. The Balaban J connectivity index is 1.38. The molecule has 0 radical (unpaired) electrons. The predicted molar refractivity (Wildman–Crippen MR) is 245 cm³/mol. The number of aromatic nitrogens is 4. The summed E-state index contributed by atoms with van der Waals surface area (Å²) in [5, 5.41) is 0. The van der Waals surface area contributed by atoms with Crippen LogP contribution in [0.25, 0.3) is 90.9 Å². The molecule has 9 rings (SSSR count). The number of hydrogen-bond acceptors (Lipinski definition) is 8. The molecule has 0 unspecified atom stereocenters. The van der Waals surface area contributed by atoms with Crippen LogP contribution >= 0.6 is 0 Å². The van der Waals surface area contributed by atoms with Crippen LogP contribution in [-0.2, 0) is 19.1 Å². The molecule has 10 heteroatoms. The number of aromatic amines is 2. The molecule has 5 heterocycles. The summed E-state index contributed by atoms with van der Waals surface area (Å²) >= 11 is 0. The van der Waals surface area contributed by atoms with Crippen LogP contribution in [0.15, 0.2) is 133 Å². The lowest BCUT2D eigenvalue weighted by atomic mass is 10.0. The molecule has 0 saturated heterocycles. The van der Waals surface area contributed by atoms with Crippen molar-refractivity contribution in [1.82, 2.24) is 19.9 Å². The fraction of sp³-hybridized carbons (Fsp3) is 0.115. The summed E-state index contributed by atoms with van der Waals surface area (Å²) in [7, 11) is 0. The van der Waals surface area contributed by atoms with Crippen molar-refractivity contribution in [1.29, 1.82) is 0 Å². The summed E-state index contributed by atoms with van der Waals surface area (Å²) in [5.74, 6) is -0.366. The summed E-state index contributed by atoms with van der Waals surface area (Å²) in [4.78, 5) is 43.2. The Hall–Kier alpha value is -7.98. The lowest BCUT2D eigenvalue weighted by Crippen LogP contribution is -2.15. The van der Waals surface area contributed by atoms with E-state index >= 15 is 0 Å². The van der Waals surface area contributed by atoms with Crippen LogP contribution in [0.2, 0.25) is 0 Å². The SMILES string of the molecule is CCOC(=O)COc1cc(OCC(=O)OCC)cc(-c2c3nc(c(-c4ccccc4)c4ccc([nH]4)c(-c4ccccc4)c4nc(c(-c5ccccc5)c5ccc2[nH]5)C=C4)C=C3)c1. The smallest absolute Gasteiger partial charge is 0.344 e. The quantitative estimate of drug-likeness (QED) is 0.117. The summed E-state index contributed by atoms with van der Waals surface area (Å²) in [6.45, 7) is 3.27. The maximum Gasteiger partial charge on any atom is 0.344 e. The molecule has 62 heavy (non-hydrogen) atoms. The largest absolute Gasteiger partial charge is 0.482 e. The zero-order chi connectivity index (χ0) is 42.4. The Morgan fingerprint density at radius 1 is 0.435 bits per heavy atom. The highest BCUT2D eigenvalue weighted by molar-refractivity contribution is 6.00. The van der Waals surface area contributed by atoms with E-state index in [9.17, 15) is 9.59 Å². The van der Waals surface area contributed by atoms with Crippen LogP contribution in [0.4, 0.5) is 0 Å². The molecule has 306 valence electrons. The van der Waals surface area contributed by atoms with E-state index in [0.717, 1.165) is 78.1 Å². The molecule has 0 aliphatic carbocycles. The van der Waals surface area contributed by atoms with Gasteiger partial charge in [-0.25, -0.2) is 19.6 Å². The summed E-state index contributed by atoms with van der Waals surface area (Å²) in [5.41, 5.74) is 13.6. The predicted octanol–water partition coefficient (Wildman–Crippen LogP) is 11.2.